The molecule has 0 spiro atoms. The second kappa shape index (κ2) is 13.7. The summed E-state index contributed by atoms with van der Waals surface area (Å²) in [5.74, 6) is -0.750. The van der Waals surface area contributed by atoms with Gasteiger partial charge in [-0.3, -0.25) is 24.2 Å². The van der Waals surface area contributed by atoms with Gasteiger partial charge in [0.15, 0.2) is 0 Å². The van der Waals surface area contributed by atoms with Gasteiger partial charge in [-0.1, -0.05) is 35.9 Å². The van der Waals surface area contributed by atoms with E-state index in [1.54, 1.807) is 7.11 Å². The van der Waals surface area contributed by atoms with Crippen LogP contribution in [0.25, 0.3) is 0 Å². The summed E-state index contributed by atoms with van der Waals surface area (Å²) >= 11 is 6.14. The van der Waals surface area contributed by atoms with Crippen molar-refractivity contribution in [2.75, 3.05) is 33.4 Å². The summed E-state index contributed by atoms with van der Waals surface area (Å²) in [6.45, 7) is 4.29. The van der Waals surface area contributed by atoms with Gasteiger partial charge in [-0.15, -0.1) is 0 Å². The van der Waals surface area contributed by atoms with Crippen LogP contribution in [0.2, 0.25) is 5.02 Å². The molecular formula is C30H39ClN2O6. The molecule has 2 fully saturated rings. The normalized spacial score (nSPS) is 26.3. The fourth-order valence-corrected chi connectivity index (χ4v) is 5.90. The Morgan fingerprint density at radius 2 is 1.77 bits per heavy atom. The zero-order valence-electron chi connectivity index (χ0n) is 22.8. The maximum atomic E-state index is 11.9. The number of carboxylic acid groups (broad SMARTS) is 1. The van der Waals surface area contributed by atoms with Crippen LogP contribution in [0.15, 0.2) is 48.1 Å². The van der Waals surface area contributed by atoms with Crippen molar-refractivity contribution in [2.45, 2.75) is 63.7 Å². The van der Waals surface area contributed by atoms with E-state index in [4.69, 9.17) is 21.1 Å². The second-order valence-corrected chi connectivity index (χ2v) is 11.2. The minimum absolute atomic E-state index is 0.138. The zero-order chi connectivity index (χ0) is 27.9. The van der Waals surface area contributed by atoms with Crippen LogP contribution in [0.4, 0.5) is 0 Å². The van der Waals surface area contributed by atoms with Crippen LogP contribution in [0, 0.1) is 11.8 Å². The molecule has 2 aliphatic carbocycles. The van der Waals surface area contributed by atoms with Crippen molar-refractivity contribution in [3.05, 3.63) is 58.7 Å². The number of carbonyl (C=O) groups is 3. The summed E-state index contributed by atoms with van der Waals surface area (Å²) in [6.07, 6.45) is 9.38. The topological polar surface area (TPSA) is 96.4 Å². The number of hydrogen-bond acceptors (Lipinski definition) is 6. The molecule has 8 nitrogen and oxygen atoms in total. The van der Waals surface area contributed by atoms with Gasteiger partial charge in [-0.2, -0.15) is 0 Å². The summed E-state index contributed by atoms with van der Waals surface area (Å²) in [7, 11) is 1.65. The molecule has 1 saturated heterocycles. The number of imide groups is 1. The average Bonchev–Trinajstić information content (AvgIpc) is 3.26. The number of benzene rings is 1. The first-order chi connectivity index (χ1) is 18.7. The van der Waals surface area contributed by atoms with Gasteiger partial charge in [0.1, 0.15) is 12.2 Å². The monoisotopic (exact) mass is 558 g/mol. The van der Waals surface area contributed by atoms with Crippen LogP contribution in [0.5, 0.6) is 0 Å². The van der Waals surface area contributed by atoms with E-state index in [0.29, 0.717) is 17.5 Å². The van der Waals surface area contributed by atoms with Crippen molar-refractivity contribution in [1.29, 1.82) is 0 Å². The van der Waals surface area contributed by atoms with Crippen LogP contribution >= 0.6 is 11.6 Å². The molecule has 0 radical (unpaired) electrons. The highest BCUT2D eigenvalue weighted by atomic mass is 35.5. The fraction of sp³-hybridized carbons (Fsp3) is 0.567. The lowest BCUT2D eigenvalue weighted by Crippen LogP contribution is -2.38. The van der Waals surface area contributed by atoms with E-state index in [9.17, 15) is 19.5 Å². The molecule has 1 saturated carbocycles. The first-order valence-corrected chi connectivity index (χ1v) is 14.2. The molecule has 4 rings (SSSR count). The number of aliphatic carboxylic acids is 1. The van der Waals surface area contributed by atoms with Gasteiger partial charge >= 0.3 is 5.97 Å². The summed E-state index contributed by atoms with van der Waals surface area (Å²) in [4.78, 5) is 38.9. The molecule has 0 aromatic heterocycles. The lowest BCUT2D eigenvalue weighted by molar-refractivity contribution is -0.143. The number of ether oxygens (including phenoxy) is 2. The molecule has 1 heterocycles. The van der Waals surface area contributed by atoms with Crippen LogP contribution in [0.3, 0.4) is 0 Å². The van der Waals surface area contributed by atoms with Gasteiger partial charge in [-0.25, -0.2) is 0 Å². The van der Waals surface area contributed by atoms with Crippen LogP contribution in [0.1, 0.15) is 57.1 Å². The molecule has 2 amide bonds. The zero-order valence-corrected chi connectivity index (χ0v) is 23.5. The Morgan fingerprint density at radius 3 is 2.38 bits per heavy atom. The molecule has 1 aliphatic heterocycles. The number of amides is 2. The highest BCUT2D eigenvalue weighted by molar-refractivity contribution is 6.30. The summed E-state index contributed by atoms with van der Waals surface area (Å²) in [5, 5.41) is 10.1. The molecular weight excluding hydrogens is 520 g/mol. The molecule has 212 valence electrons. The maximum absolute atomic E-state index is 11.9. The standard InChI is InChI=1S/C30H39ClN2O6/c1-20(23-8-10-25(31)11-9-23)32(18-21-3-6-24(7-4-21)30(36)37)19-22-5-12-26(27(17-22)38-2)39-16-15-33-28(34)13-14-29(33)35/h5,8-12,17,20-21,24,26-27H,3-4,6-7,13-16,18-19H2,1-2H3,(H,36,37)/t20-,21?,24?,26?,27?/m1/s1. The van der Waals surface area contributed by atoms with Crippen LogP contribution < -0.4 is 0 Å². The van der Waals surface area contributed by atoms with Crippen molar-refractivity contribution in [3.63, 3.8) is 0 Å². The third-order valence-electron chi connectivity index (χ3n) is 8.23. The summed E-state index contributed by atoms with van der Waals surface area (Å²) in [5.41, 5.74) is 2.29. The predicted molar refractivity (Wildman–Crippen MR) is 148 cm³/mol. The number of methoxy groups -OCH3 is 1. The molecule has 39 heavy (non-hydrogen) atoms. The number of rotatable bonds is 12. The van der Waals surface area contributed by atoms with Gasteiger partial charge in [0.2, 0.25) is 11.8 Å². The number of likely N-dealkylation sites (tertiary alicyclic amines) is 1. The average molecular weight is 559 g/mol. The Hall–Kier alpha value is -2.52. The molecule has 0 bridgehead atoms. The fourth-order valence-electron chi connectivity index (χ4n) is 5.77. The van der Waals surface area contributed by atoms with E-state index in [2.05, 4.69) is 36.1 Å². The Balaban J connectivity index is 1.40. The van der Waals surface area contributed by atoms with E-state index in [-0.39, 0.29) is 62.0 Å². The first-order valence-electron chi connectivity index (χ1n) is 13.8. The highest BCUT2D eigenvalue weighted by Gasteiger charge is 2.31. The van der Waals surface area contributed by atoms with E-state index >= 15 is 0 Å². The van der Waals surface area contributed by atoms with Crippen molar-refractivity contribution in [1.82, 2.24) is 9.80 Å². The van der Waals surface area contributed by atoms with E-state index in [1.807, 2.05) is 18.2 Å². The Bertz CT molecular complexity index is 1060. The molecule has 1 aromatic carbocycles. The Labute approximate surface area is 235 Å². The quantitative estimate of drug-likeness (QED) is 0.373. The summed E-state index contributed by atoms with van der Waals surface area (Å²) < 4.78 is 11.7. The first kappa shape index (κ1) is 29.5. The second-order valence-electron chi connectivity index (χ2n) is 10.8. The molecule has 2 unspecified atom stereocenters. The molecule has 3 atom stereocenters. The van der Waals surface area contributed by atoms with Gasteiger partial charge in [0, 0.05) is 44.1 Å². The highest BCUT2D eigenvalue weighted by Crippen LogP contribution is 2.33. The van der Waals surface area contributed by atoms with Crippen molar-refractivity contribution in [3.8, 4) is 0 Å². The van der Waals surface area contributed by atoms with Crippen LogP contribution in [-0.4, -0.2) is 78.2 Å². The van der Waals surface area contributed by atoms with Gasteiger partial charge in [0.05, 0.1) is 19.1 Å². The number of carboxylic acids is 1. The number of hydrogen-bond donors (Lipinski definition) is 1. The van der Waals surface area contributed by atoms with Crippen molar-refractivity contribution in [2.24, 2.45) is 11.8 Å². The third-order valence-corrected chi connectivity index (χ3v) is 8.48. The maximum Gasteiger partial charge on any atom is 0.306 e. The largest absolute Gasteiger partial charge is 0.481 e. The van der Waals surface area contributed by atoms with Crippen LogP contribution in [-0.2, 0) is 23.9 Å². The Kier molecular flexibility index (Phi) is 10.4. The molecule has 1 N–H and O–H groups in total. The lowest BCUT2D eigenvalue weighted by Gasteiger charge is -2.36. The third kappa shape index (κ3) is 7.78. The number of carbonyl (C=O) groups excluding carboxylic acids is 2. The minimum atomic E-state index is -0.682. The number of halogens is 1. The van der Waals surface area contributed by atoms with Crippen molar-refractivity contribution < 1.29 is 29.0 Å². The van der Waals surface area contributed by atoms with Gasteiger partial charge in [0.25, 0.3) is 0 Å². The summed E-state index contributed by atoms with van der Waals surface area (Å²) in [6, 6.07) is 8.08. The van der Waals surface area contributed by atoms with E-state index in [0.717, 1.165) is 37.8 Å². The van der Waals surface area contributed by atoms with E-state index in [1.165, 1.54) is 10.5 Å². The minimum Gasteiger partial charge on any atom is -0.481 e. The smallest absolute Gasteiger partial charge is 0.306 e. The number of nitrogens with zero attached hydrogens (tertiary/aromatic N) is 2. The molecule has 9 heteroatoms. The lowest BCUT2D eigenvalue weighted by atomic mass is 9.81. The molecule has 3 aliphatic rings. The van der Waals surface area contributed by atoms with Crippen molar-refractivity contribution >= 4 is 29.4 Å². The SMILES string of the molecule is COC1C=C(CN(CC2CCC(C(=O)O)CC2)[C@H](C)c2ccc(Cl)cc2)C=CC1OCCN1C(=O)CCC1=O. The molecule has 1 aromatic rings. The predicted octanol–water partition coefficient (Wildman–Crippen LogP) is 4.64. The van der Waals surface area contributed by atoms with Gasteiger partial charge < -0.3 is 14.6 Å². The van der Waals surface area contributed by atoms with Gasteiger partial charge in [-0.05, 0) is 67.9 Å². The Morgan fingerprint density at radius 1 is 1.10 bits per heavy atom. The van der Waals surface area contributed by atoms with E-state index < -0.39 is 5.97 Å².